The molecule has 0 spiro atoms. The Kier molecular flexibility index (Phi) is 8.91. The van der Waals surface area contributed by atoms with Gasteiger partial charge in [-0.15, -0.1) is 0 Å². The monoisotopic (exact) mass is 682 g/mol. The van der Waals surface area contributed by atoms with Gasteiger partial charge < -0.3 is 19.8 Å². The third-order valence-corrected chi connectivity index (χ3v) is 11.8. The molecule has 0 saturated heterocycles. The Morgan fingerprint density at radius 2 is 1.55 bits per heavy atom. The number of allylic oxidation sites excluding steroid dienone is 2. The van der Waals surface area contributed by atoms with E-state index >= 15 is 0 Å². The Hall–Kier alpha value is -4.75. The smallest absolute Gasteiger partial charge is 0.335 e. The Morgan fingerprint density at radius 1 is 0.863 bits per heavy atom. The minimum absolute atomic E-state index is 0.0185. The van der Waals surface area contributed by atoms with E-state index < -0.39 is 5.41 Å². The average molecular weight is 683 g/mol. The second-order valence-corrected chi connectivity index (χ2v) is 14.3. The average Bonchev–Trinajstić information content (AvgIpc) is 3.86. The molecular formula is C44H50N4O3. The molecule has 0 fully saturated rings. The molecule has 2 unspecified atom stereocenters. The number of hydrogen-bond donors (Lipinski definition) is 3. The van der Waals surface area contributed by atoms with Crippen LogP contribution in [-0.4, -0.2) is 37.6 Å². The molecule has 1 aliphatic carbocycles. The molecule has 3 N–H and O–H groups in total. The van der Waals surface area contributed by atoms with Crippen LogP contribution in [0.2, 0.25) is 0 Å². The van der Waals surface area contributed by atoms with Crippen molar-refractivity contribution in [2.75, 3.05) is 6.61 Å². The standard InChI is InChI=1S/C44H50N4O3/c1-10-28-23(6)34-20-35-24(7)29(11-2)40(46-35)38(27-17-15-26(22-49)16-18-27)41-30(12-3)25(8)39(48-41)31-19-33(43(50)51-14-5)44(9)32(13-4)37(47-42(31)44)21-36(28)45-34/h15-21,32,45-46,49H,10-14,22H2,1-9H3. The first-order chi connectivity index (χ1) is 24.5. The van der Waals surface area contributed by atoms with E-state index in [0.29, 0.717) is 12.2 Å². The molecule has 5 heterocycles. The number of aromatic amines is 2. The van der Waals surface area contributed by atoms with Crippen molar-refractivity contribution in [3.05, 3.63) is 98.1 Å². The van der Waals surface area contributed by atoms with Gasteiger partial charge in [-0.2, -0.15) is 0 Å². The lowest BCUT2D eigenvalue weighted by molar-refractivity contribution is -0.139. The summed E-state index contributed by atoms with van der Waals surface area (Å²) in [5.74, 6) is -0.318. The van der Waals surface area contributed by atoms with Gasteiger partial charge in [0.05, 0.1) is 46.8 Å². The fraction of sp³-hybridized carbons (Fsp3) is 0.386. The predicted molar refractivity (Wildman–Crippen MR) is 208 cm³/mol. The molecule has 8 bridgehead atoms. The van der Waals surface area contributed by atoms with E-state index in [1.165, 1.54) is 27.8 Å². The summed E-state index contributed by atoms with van der Waals surface area (Å²) in [5, 5.41) is 9.91. The van der Waals surface area contributed by atoms with Gasteiger partial charge >= 0.3 is 5.97 Å². The van der Waals surface area contributed by atoms with Crippen LogP contribution in [0.1, 0.15) is 123 Å². The molecule has 264 valence electrons. The Balaban J connectivity index is 1.75. The number of H-pyrrole nitrogens is 2. The van der Waals surface area contributed by atoms with Crippen LogP contribution in [-0.2, 0) is 34.4 Å². The lowest BCUT2D eigenvalue weighted by Gasteiger charge is -2.30. The van der Waals surface area contributed by atoms with Crippen LogP contribution in [0.5, 0.6) is 0 Å². The maximum absolute atomic E-state index is 13.8. The van der Waals surface area contributed by atoms with Crippen molar-refractivity contribution >= 4 is 45.3 Å². The zero-order valence-electron chi connectivity index (χ0n) is 31.5. The summed E-state index contributed by atoms with van der Waals surface area (Å²) in [4.78, 5) is 32.5. The van der Waals surface area contributed by atoms with Gasteiger partial charge in [-0.05, 0) is 123 Å². The molecule has 3 aromatic heterocycles. The first-order valence-electron chi connectivity index (χ1n) is 18.6. The maximum Gasteiger partial charge on any atom is 0.335 e. The fourth-order valence-electron chi connectivity index (χ4n) is 9.02. The summed E-state index contributed by atoms with van der Waals surface area (Å²) in [5.41, 5.74) is 18.9. The number of hydrogen-bond acceptors (Lipinski definition) is 5. The van der Waals surface area contributed by atoms with Crippen molar-refractivity contribution in [3.8, 4) is 11.1 Å². The molecule has 4 aromatic rings. The van der Waals surface area contributed by atoms with Crippen LogP contribution in [0.4, 0.5) is 0 Å². The van der Waals surface area contributed by atoms with Crippen LogP contribution in [0.15, 0.2) is 42.0 Å². The van der Waals surface area contributed by atoms with Crippen LogP contribution in [0.3, 0.4) is 0 Å². The molecule has 2 atom stereocenters. The highest BCUT2D eigenvalue weighted by Gasteiger charge is 2.52. The molecule has 0 saturated carbocycles. The van der Waals surface area contributed by atoms with Crippen LogP contribution >= 0.6 is 0 Å². The molecule has 7 rings (SSSR count). The van der Waals surface area contributed by atoms with Crippen molar-refractivity contribution in [2.24, 2.45) is 0 Å². The van der Waals surface area contributed by atoms with Gasteiger partial charge in [0, 0.05) is 39.3 Å². The normalized spacial score (nSPS) is 18.1. The number of carbonyl (C=O) groups is 1. The van der Waals surface area contributed by atoms with Gasteiger partial charge in [0.25, 0.3) is 0 Å². The molecule has 51 heavy (non-hydrogen) atoms. The lowest BCUT2D eigenvalue weighted by atomic mass is 9.70. The molecule has 0 radical (unpaired) electrons. The number of aromatic nitrogens is 4. The number of carbonyl (C=O) groups excluding carboxylic acids is 1. The first-order valence-corrected chi connectivity index (χ1v) is 18.6. The zero-order valence-corrected chi connectivity index (χ0v) is 31.5. The minimum atomic E-state index is -0.663. The highest BCUT2D eigenvalue weighted by Crippen LogP contribution is 2.56. The highest BCUT2D eigenvalue weighted by molar-refractivity contribution is 6.05. The number of nitrogens with one attached hydrogen (secondary N) is 2. The largest absolute Gasteiger partial charge is 0.463 e. The first kappa shape index (κ1) is 34.7. The number of esters is 1. The van der Waals surface area contributed by atoms with Crippen LogP contribution in [0.25, 0.3) is 50.4 Å². The van der Waals surface area contributed by atoms with Gasteiger partial charge in [0.2, 0.25) is 0 Å². The van der Waals surface area contributed by atoms with E-state index in [1.54, 1.807) is 0 Å². The van der Waals surface area contributed by atoms with Gasteiger partial charge in [-0.1, -0.05) is 52.0 Å². The number of nitrogens with zero attached hydrogens (tertiary/aromatic N) is 2. The van der Waals surface area contributed by atoms with Crippen molar-refractivity contribution in [2.45, 2.75) is 106 Å². The van der Waals surface area contributed by atoms with E-state index in [0.717, 1.165) is 98.4 Å². The Morgan fingerprint density at radius 3 is 2.18 bits per heavy atom. The van der Waals surface area contributed by atoms with Crippen molar-refractivity contribution in [1.82, 2.24) is 19.9 Å². The second-order valence-electron chi connectivity index (χ2n) is 14.3. The Labute approximate surface area is 300 Å². The number of rotatable bonds is 8. The zero-order chi connectivity index (χ0) is 36.4. The van der Waals surface area contributed by atoms with E-state index in [4.69, 9.17) is 14.7 Å². The van der Waals surface area contributed by atoms with E-state index in [2.05, 4.69) is 89.6 Å². The lowest BCUT2D eigenvalue weighted by Crippen LogP contribution is -2.31. The Bertz CT molecular complexity index is 2320. The van der Waals surface area contributed by atoms with Crippen molar-refractivity contribution in [3.63, 3.8) is 0 Å². The third-order valence-electron chi connectivity index (χ3n) is 11.8. The van der Waals surface area contributed by atoms with Gasteiger partial charge in [0.1, 0.15) is 0 Å². The van der Waals surface area contributed by atoms with Crippen LogP contribution < -0.4 is 0 Å². The third kappa shape index (κ3) is 5.15. The highest BCUT2D eigenvalue weighted by atomic mass is 16.5. The number of aryl methyl sites for hydroxylation is 4. The molecule has 3 aliphatic rings. The summed E-state index contributed by atoms with van der Waals surface area (Å²) in [6, 6.07) is 12.7. The summed E-state index contributed by atoms with van der Waals surface area (Å²) in [6.45, 7) is 19.7. The second kappa shape index (κ2) is 13.1. The molecule has 7 nitrogen and oxygen atoms in total. The SMILES string of the molecule is CCOC(=O)C1=Cc2c3nc(c(-c4ccc(CO)cc4)c4[nH]c(cc5[nH]c(cc6nc2C1(C)C6CC)c(CC)c5C)c(C)c4CC)C(CC)=C3C. The number of aliphatic hydroxyl groups is 1. The van der Waals surface area contributed by atoms with Crippen molar-refractivity contribution < 1.29 is 14.6 Å². The van der Waals surface area contributed by atoms with E-state index in [1.807, 2.05) is 25.1 Å². The molecule has 0 amide bonds. The maximum atomic E-state index is 13.8. The minimum Gasteiger partial charge on any atom is -0.463 e. The topological polar surface area (TPSA) is 104 Å². The number of aliphatic hydroxyl groups excluding tert-OH is 1. The summed E-state index contributed by atoms with van der Waals surface area (Å²) in [7, 11) is 0. The summed E-state index contributed by atoms with van der Waals surface area (Å²) >= 11 is 0. The number of ether oxygens (including phenoxy) is 1. The molecule has 2 aliphatic heterocycles. The quantitative estimate of drug-likeness (QED) is 0.161. The van der Waals surface area contributed by atoms with E-state index in [-0.39, 0.29) is 18.5 Å². The molecule has 1 aromatic carbocycles. The van der Waals surface area contributed by atoms with Crippen molar-refractivity contribution in [1.29, 1.82) is 0 Å². The summed E-state index contributed by atoms with van der Waals surface area (Å²) < 4.78 is 5.72. The fourth-order valence-corrected chi connectivity index (χ4v) is 9.02. The number of benzene rings is 1. The summed E-state index contributed by atoms with van der Waals surface area (Å²) in [6.07, 6.45) is 5.33. The van der Waals surface area contributed by atoms with Gasteiger partial charge in [0.15, 0.2) is 0 Å². The van der Waals surface area contributed by atoms with Crippen LogP contribution in [0, 0.1) is 13.8 Å². The predicted octanol–water partition coefficient (Wildman–Crippen LogP) is 9.97. The molecule has 7 heteroatoms. The van der Waals surface area contributed by atoms with Gasteiger partial charge in [-0.3, -0.25) is 4.98 Å². The van der Waals surface area contributed by atoms with E-state index in [9.17, 15) is 9.90 Å². The number of fused-ring (bicyclic) bond motifs is 8. The molecular weight excluding hydrogens is 633 g/mol. The van der Waals surface area contributed by atoms with Gasteiger partial charge in [-0.25, -0.2) is 9.78 Å².